The molecule has 0 saturated heterocycles. The van der Waals surface area contributed by atoms with Crippen molar-refractivity contribution in [2.45, 2.75) is 64.0 Å². The van der Waals surface area contributed by atoms with Crippen LogP contribution >= 0.6 is 11.3 Å². The number of hydrazine groups is 1. The molecule has 2 heterocycles. The molecule has 1 saturated carbocycles. The van der Waals surface area contributed by atoms with Gasteiger partial charge < -0.3 is 5.73 Å². The largest absolute Gasteiger partial charge is 0.382 e. The minimum atomic E-state index is -0.512. The second-order valence-electron chi connectivity index (χ2n) is 9.72. The zero-order valence-electron chi connectivity index (χ0n) is 21.1. The van der Waals surface area contributed by atoms with Crippen LogP contribution in [0.2, 0.25) is 0 Å². The SMILES string of the molecule is CCCCC1=NC2(CCCC2)C(=O)N1Cc1ccc(-c2cc(-c3cscn3)ccc2/C(N)=N/NN)cc1. The van der Waals surface area contributed by atoms with Crippen molar-refractivity contribution in [3.05, 3.63) is 64.5 Å². The van der Waals surface area contributed by atoms with Gasteiger partial charge in [0.05, 0.1) is 17.7 Å². The maximum absolute atomic E-state index is 13.5. The van der Waals surface area contributed by atoms with Gasteiger partial charge in [0.2, 0.25) is 0 Å². The van der Waals surface area contributed by atoms with Crippen molar-refractivity contribution in [2.75, 3.05) is 0 Å². The molecular weight excluding hydrogens is 482 g/mol. The third-order valence-corrected chi connectivity index (χ3v) is 7.88. The Morgan fingerprint density at radius 3 is 2.59 bits per heavy atom. The number of carbonyl (C=O) groups excluding carboxylic acids is 1. The topological polar surface area (TPSA) is 122 Å². The van der Waals surface area contributed by atoms with Crippen LogP contribution in [-0.2, 0) is 11.3 Å². The first-order chi connectivity index (χ1) is 18.0. The fraction of sp³-hybridized carbons (Fsp3) is 0.357. The van der Waals surface area contributed by atoms with E-state index in [0.29, 0.717) is 12.4 Å². The monoisotopic (exact) mass is 515 g/mol. The minimum absolute atomic E-state index is 0.177. The molecule has 5 N–H and O–H groups in total. The predicted octanol–water partition coefficient (Wildman–Crippen LogP) is 4.80. The Kier molecular flexibility index (Phi) is 7.34. The van der Waals surface area contributed by atoms with Crippen molar-refractivity contribution in [1.29, 1.82) is 0 Å². The molecule has 1 aromatic heterocycles. The van der Waals surface area contributed by atoms with Crippen LogP contribution in [0.15, 0.2) is 63.4 Å². The van der Waals surface area contributed by atoms with Gasteiger partial charge in [-0.25, -0.2) is 16.4 Å². The summed E-state index contributed by atoms with van der Waals surface area (Å²) in [7, 11) is 0. The first-order valence-corrected chi connectivity index (χ1v) is 13.8. The minimum Gasteiger partial charge on any atom is -0.382 e. The van der Waals surface area contributed by atoms with E-state index in [1.165, 1.54) is 0 Å². The van der Waals surface area contributed by atoms with Crippen LogP contribution in [0.4, 0.5) is 0 Å². The Labute approximate surface area is 221 Å². The van der Waals surface area contributed by atoms with Gasteiger partial charge in [-0.1, -0.05) is 56.5 Å². The van der Waals surface area contributed by atoms with Crippen LogP contribution in [0.25, 0.3) is 22.4 Å². The number of hydrogen-bond acceptors (Lipinski definition) is 7. The van der Waals surface area contributed by atoms with E-state index in [4.69, 9.17) is 16.6 Å². The molecule has 37 heavy (non-hydrogen) atoms. The van der Waals surface area contributed by atoms with Crippen molar-refractivity contribution in [3.8, 4) is 22.4 Å². The van der Waals surface area contributed by atoms with Crippen molar-refractivity contribution in [1.82, 2.24) is 15.4 Å². The zero-order valence-corrected chi connectivity index (χ0v) is 21.9. The number of unbranched alkanes of at least 4 members (excludes halogenated alkanes) is 1. The molecule has 5 rings (SSSR count). The van der Waals surface area contributed by atoms with Gasteiger partial charge in [-0.3, -0.25) is 14.7 Å². The maximum atomic E-state index is 13.5. The van der Waals surface area contributed by atoms with Crippen molar-refractivity contribution < 1.29 is 4.79 Å². The standard InChI is InChI=1S/C28H33N7OS/c1-2-3-6-25-32-28(13-4-5-14-28)27(36)35(25)16-19-7-9-20(10-8-19)23-15-21(24-17-37-18-31-24)11-12-22(23)26(29)33-34-30/h7-12,15,17-18,34H,2-6,13-14,16,30H2,1H3,(H2,29,33). The van der Waals surface area contributed by atoms with Crippen LogP contribution in [0, 0.1) is 0 Å². The summed E-state index contributed by atoms with van der Waals surface area (Å²) in [6, 6.07) is 14.3. The Morgan fingerprint density at radius 2 is 1.92 bits per heavy atom. The second kappa shape index (κ2) is 10.8. The number of benzene rings is 2. The van der Waals surface area contributed by atoms with Gasteiger partial charge >= 0.3 is 0 Å². The van der Waals surface area contributed by atoms with E-state index in [9.17, 15) is 4.79 Å². The molecule has 0 atom stereocenters. The van der Waals surface area contributed by atoms with Gasteiger partial charge in [0.15, 0.2) is 5.84 Å². The number of aromatic nitrogens is 1. The molecule has 1 amide bonds. The van der Waals surface area contributed by atoms with Crippen LogP contribution in [0.5, 0.6) is 0 Å². The lowest BCUT2D eigenvalue weighted by molar-refractivity contribution is -0.131. The molecule has 1 aliphatic heterocycles. The fourth-order valence-corrected chi connectivity index (χ4v) is 5.88. The number of hydrogen-bond donors (Lipinski definition) is 3. The van der Waals surface area contributed by atoms with Gasteiger partial charge in [0, 0.05) is 22.9 Å². The molecule has 1 spiro atoms. The van der Waals surface area contributed by atoms with Gasteiger partial charge in [0.25, 0.3) is 5.91 Å². The summed E-state index contributed by atoms with van der Waals surface area (Å²) in [6.45, 7) is 2.71. The lowest BCUT2D eigenvalue weighted by Gasteiger charge is -2.23. The van der Waals surface area contributed by atoms with Crippen LogP contribution in [0.3, 0.4) is 0 Å². The van der Waals surface area contributed by atoms with E-state index in [-0.39, 0.29) is 5.91 Å². The molecule has 0 radical (unpaired) electrons. The van der Waals surface area contributed by atoms with E-state index < -0.39 is 5.54 Å². The maximum Gasteiger partial charge on any atom is 0.256 e. The fourth-order valence-electron chi connectivity index (χ4n) is 5.32. The number of aliphatic imine (C=N–C) groups is 1. The van der Waals surface area contributed by atoms with Crippen molar-refractivity contribution in [2.24, 2.45) is 21.7 Å². The third kappa shape index (κ3) is 5.01. The summed E-state index contributed by atoms with van der Waals surface area (Å²) < 4.78 is 0. The Bertz CT molecular complexity index is 1310. The van der Waals surface area contributed by atoms with Crippen molar-refractivity contribution >= 4 is 28.9 Å². The van der Waals surface area contributed by atoms with E-state index in [1.807, 2.05) is 27.9 Å². The van der Waals surface area contributed by atoms with Crippen molar-refractivity contribution in [3.63, 3.8) is 0 Å². The molecule has 8 nitrogen and oxygen atoms in total. The molecule has 1 aliphatic carbocycles. The lowest BCUT2D eigenvalue weighted by atomic mass is 9.95. The average molecular weight is 516 g/mol. The molecule has 0 unspecified atom stereocenters. The van der Waals surface area contributed by atoms with Crippen LogP contribution < -0.4 is 17.1 Å². The molecule has 192 valence electrons. The quantitative estimate of drug-likeness (QED) is 0.163. The number of amides is 1. The third-order valence-electron chi connectivity index (χ3n) is 7.30. The van der Waals surface area contributed by atoms with Gasteiger partial charge in [-0.05, 0) is 48.1 Å². The van der Waals surface area contributed by atoms with Crippen LogP contribution in [-0.4, -0.2) is 33.0 Å². The van der Waals surface area contributed by atoms with Gasteiger partial charge in [-0.2, -0.15) is 0 Å². The summed E-state index contributed by atoms with van der Waals surface area (Å²) >= 11 is 1.56. The van der Waals surface area contributed by atoms with E-state index in [0.717, 1.165) is 84.3 Å². The molecular formula is C28H33N7OS. The normalized spacial score (nSPS) is 17.0. The smallest absolute Gasteiger partial charge is 0.256 e. The van der Waals surface area contributed by atoms with Gasteiger partial charge in [-0.15, -0.1) is 16.4 Å². The number of nitrogens with two attached hydrogens (primary N) is 2. The van der Waals surface area contributed by atoms with E-state index in [2.05, 4.69) is 52.9 Å². The highest BCUT2D eigenvalue weighted by Crippen LogP contribution is 2.40. The van der Waals surface area contributed by atoms with Gasteiger partial charge in [0.1, 0.15) is 11.4 Å². The first kappa shape index (κ1) is 25.1. The Hall–Kier alpha value is -3.56. The number of amidine groups is 2. The number of thiazole rings is 1. The number of carbonyl (C=O) groups is 1. The number of hydrazone groups is 1. The Morgan fingerprint density at radius 1 is 1.16 bits per heavy atom. The summed E-state index contributed by atoms with van der Waals surface area (Å²) in [5.74, 6) is 6.82. The molecule has 1 fully saturated rings. The predicted molar refractivity (Wildman–Crippen MR) is 150 cm³/mol. The highest BCUT2D eigenvalue weighted by molar-refractivity contribution is 7.07. The average Bonchev–Trinajstić information content (AvgIpc) is 3.67. The highest BCUT2D eigenvalue weighted by Gasteiger charge is 2.49. The molecule has 2 aromatic carbocycles. The lowest BCUT2D eigenvalue weighted by Crippen LogP contribution is -2.40. The van der Waals surface area contributed by atoms with E-state index >= 15 is 0 Å². The van der Waals surface area contributed by atoms with E-state index in [1.54, 1.807) is 11.3 Å². The van der Waals surface area contributed by atoms with Crippen LogP contribution in [0.1, 0.15) is 63.0 Å². The number of nitrogens with one attached hydrogen (secondary N) is 1. The number of nitrogens with zero attached hydrogens (tertiary/aromatic N) is 4. The number of rotatable bonds is 9. The highest BCUT2D eigenvalue weighted by atomic mass is 32.1. The summed E-state index contributed by atoms with van der Waals surface area (Å²) in [5, 5.41) is 6.00. The Balaban J connectivity index is 1.43. The summed E-state index contributed by atoms with van der Waals surface area (Å²) in [6.07, 6.45) is 6.86. The first-order valence-electron chi connectivity index (χ1n) is 12.9. The molecule has 2 aliphatic rings. The zero-order chi connectivity index (χ0) is 25.8. The summed E-state index contributed by atoms with van der Waals surface area (Å²) in [4.78, 5) is 24.9. The second-order valence-corrected chi connectivity index (χ2v) is 10.4. The molecule has 3 aromatic rings. The molecule has 9 heteroatoms. The summed E-state index contributed by atoms with van der Waals surface area (Å²) in [5.41, 5.74) is 15.5. The molecule has 0 bridgehead atoms.